The lowest BCUT2D eigenvalue weighted by Gasteiger charge is -2.29. The summed E-state index contributed by atoms with van der Waals surface area (Å²) >= 11 is 5.87. The molecule has 0 aliphatic heterocycles. The molecule has 1 atom stereocenters. The Balaban J connectivity index is 2.77. The van der Waals surface area contributed by atoms with E-state index < -0.39 is 17.3 Å². The summed E-state index contributed by atoms with van der Waals surface area (Å²) in [7, 11) is 0. The monoisotopic (exact) mass is 313 g/mol. The lowest BCUT2D eigenvalue weighted by atomic mass is 9.89. The van der Waals surface area contributed by atoms with Crippen LogP contribution in [-0.4, -0.2) is 23.3 Å². The van der Waals surface area contributed by atoms with Gasteiger partial charge in [-0.3, -0.25) is 0 Å². The van der Waals surface area contributed by atoms with Crippen LogP contribution in [0.5, 0.6) is 0 Å². The Bertz CT molecular complexity index is 467. The van der Waals surface area contributed by atoms with Crippen molar-refractivity contribution in [1.82, 2.24) is 5.32 Å². The summed E-state index contributed by atoms with van der Waals surface area (Å²) in [4.78, 5) is 11.7. The van der Waals surface area contributed by atoms with E-state index in [2.05, 4.69) is 5.32 Å². The van der Waals surface area contributed by atoms with Gasteiger partial charge >= 0.3 is 6.09 Å². The lowest BCUT2D eigenvalue weighted by Crippen LogP contribution is -2.42. The van der Waals surface area contributed by atoms with E-state index in [-0.39, 0.29) is 6.54 Å². The lowest BCUT2D eigenvalue weighted by molar-refractivity contribution is 0.0150. The predicted molar refractivity (Wildman–Crippen MR) is 84.5 cm³/mol. The Morgan fingerprint density at radius 2 is 1.86 bits per heavy atom. The second-order valence-electron chi connectivity index (χ2n) is 6.14. The van der Waals surface area contributed by atoms with Gasteiger partial charge < -0.3 is 15.2 Å². The summed E-state index contributed by atoms with van der Waals surface area (Å²) in [6.07, 6.45) is 0.783. The highest BCUT2D eigenvalue weighted by Gasteiger charge is 2.29. The van der Waals surface area contributed by atoms with Gasteiger partial charge in [-0.05, 0) is 44.9 Å². The highest BCUT2D eigenvalue weighted by molar-refractivity contribution is 6.30. The van der Waals surface area contributed by atoms with E-state index in [0.717, 1.165) is 12.0 Å². The van der Waals surface area contributed by atoms with Crippen molar-refractivity contribution in [3.05, 3.63) is 34.9 Å². The normalized spacial score (nSPS) is 14.4. The number of hydrogen-bond donors (Lipinski definition) is 2. The zero-order chi connectivity index (χ0) is 16.1. The molecule has 2 N–H and O–H groups in total. The minimum Gasteiger partial charge on any atom is -0.444 e. The zero-order valence-corrected chi connectivity index (χ0v) is 13.8. The number of rotatable bonds is 5. The number of alkyl carbamates (subject to hydrolysis) is 1. The fourth-order valence-corrected chi connectivity index (χ4v) is 2.17. The topological polar surface area (TPSA) is 58.6 Å². The summed E-state index contributed by atoms with van der Waals surface area (Å²) < 4.78 is 5.18. The van der Waals surface area contributed by atoms with Crippen LogP contribution < -0.4 is 5.32 Å². The maximum absolute atomic E-state index is 11.7. The number of ether oxygens (including phenoxy) is 1. The first-order chi connectivity index (χ1) is 9.66. The molecule has 0 radical (unpaired) electrons. The van der Waals surface area contributed by atoms with Gasteiger partial charge in [-0.25, -0.2) is 4.79 Å². The first-order valence-corrected chi connectivity index (χ1v) is 7.49. The number of carbonyl (C=O) groups is 1. The largest absolute Gasteiger partial charge is 0.444 e. The number of benzene rings is 1. The molecule has 1 unspecified atom stereocenters. The second kappa shape index (κ2) is 7.14. The number of nitrogens with one attached hydrogen (secondary N) is 1. The van der Waals surface area contributed by atoms with E-state index in [4.69, 9.17) is 16.3 Å². The van der Waals surface area contributed by atoms with Gasteiger partial charge in [0.2, 0.25) is 0 Å². The molecular formula is C16H24ClNO3. The molecule has 4 nitrogen and oxygen atoms in total. The number of aliphatic hydroxyl groups is 1. The number of hydrogen-bond acceptors (Lipinski definition) is 3. The highest BCUT2D eigenvalue weighted by Crippen LogP contribution is 2.27. The van der Waals surface area contributed by atoms with Crippen LogP contribution in [0.25, 0.3) is 0 Å². The van der Waals surface area contributed by atoms with Crippen LogP contribution in [0.2, 0.25) is 5.02 Å². The summed E-state index contributed by atoms with van der Waals surface area (Å²) in [5, 5.41) is 14.0. The van der Waals surface area contributed by atoms with Crippen molar-refractivity contribution in [2.75, 3.05) is 6.54 Å². The first kappa shape index (κ1) is 17.8. The molecule has 1 aromatic carbocycles. The van der Waals surface area contributed by atoms with Crippen LogP contribution in [0.3, 0.4) is 0 Å². The van der Waals surface area contributed by atoms with Crippen molar-refractivity contribution in [3.63, 3.8) is 0 Å². The van der Waals surface area contributed by atoms with Gasteiger partial charge in [0.05, 0.1) is 6.54 Å². The average molecular weight is 314 g/mol. The van der Waals surface area contributed by atoms with Crippen LogP contribution in [-0.2, 0) is 10.3 Å². The van der Waals surface area contributed by atoms with E-state index >= 15 is 0 Å². The Kier molecular flexibility index (Phi) is 6.05. The van der Waals surface area contributed by atoms with Crippen LogP contribution in [0, 0.1) is 0 Å². The van der Waals surface area contributed by atoms with Crippen LogP contribution >= 0.6 is 11.6 Å². The molecular weight excluding hydrogens is 290 g/mol. The molecule has 0 fully saturated rings. The maximum atomic E-state index is 11.7. The summed E-state index contributed by atoms with van der Waals surface area (Å²) in [6, 6.07) is 7.00. The van der Waals surface area contributed by atoms with Gasteiger partial charge in [-0.15, -0.1) is 0 Å². The first-order valence-electron chi connectivity index (χ1n) is 7.11. The van der Waals surface area contributed by atoms with Gasteiger partial charge in [-0.1, -0.05) is 37.1 Å². The minimum absolute atomic E-state index is 0.0946. The van der Waals surface area contributed by atoms with Crippen molar-refractivity contribution in [3.8, 4) is 0 Å². The molecule has 0 bridgehead atoms. The SMILES string of the molecule is CCCC(O)(CNC(=O)OC(C)(C)C)c1ccc(Cl)cc1. The zero-order valence-electron chi connectivity index (χ0n) is 13.1. The van der Waals surface area contributed by atoms with Crippen molar-refractivity contribution >= 4 is 17.7 Å². The second-order valence-corrected chi connectivity index (χ2v) is 6.58. The third-order valence-electron chi connectivity index (χ3n) is 2.97. The molecule has 0 aliphatic rings. The Labute approximate surface area is 131 Å². The third kappa shape index (κ3) is 5.94. The van der Waals surface area contributed by atoms with E-state index in [1.807, 2.05) is 6.92 Å². The molecule has 0 heterocycles. The molecule has 5 heteroatoms. The number of carbonyl (C=O) groups excluding carboxylic acids is 1. The van der Waals surface area contributed by atoms with E-state index in [1.54, 1.807) is 45.0 Å². The molecule has 0 aromatic heterocycles. The predicted octanol–water partition coefficient (Wildman–Crippen LogP) is 3.85. The molecule has 0 saturated heterocycles. The fraction of sp³-hybridized carbons (Fsp3) is 0.562. The molecule has 1 rings (SSSR count). The van der Waals surface area contributed by atoms with Crippen LogP contribution in [0.1, 0.15) is 46.1 Å². The van der Waals surface area contributed by atoms with Gasteiger partial charge in [0, 0.05) is 5.02 Å². The quantitative estimate of drug-likeness (QED) is 0.868. The van der Waals surface area contributed by atoms with Gasteiger partial charge in [0.1, 0.15) is 11.2 Å². The van der Waals surface area contributed by atoms with Crippen LogP contribution in [0.15, 0.2) is 24.3 Å². The Morgan fingerprint density at radius 3 is 2.33 bits per heavy atom. The van der Waals surface area contributed by atoms with Gasteiger partial charge in [0.15, 0.2) is 0 Å². The standard InChI is InChI=1S/C16H24ClNO3/c1-5-10-16(20,12-6-8-13(17)9-7-12)11-18-14(19)21-15(2,3)4/h6-9,20H,5,10-11H2,1-4H3,(H,18,19). The number of halogens is 1. The fourth-order valence-electron chi connectivity index (χ4n) is 2.04. The number of amides is 1. The van der Waals surface area contributed by atoms with E-state index in [0.29, 0.717) is 11.4 Å². The smallest absolute Gasteiger partial charge is 0.407 e. The minimum atomic E-state index is -1.13. The molecule has 1 amide bonds. The molecule has 0 spiro atoms. The Morgan fingerprint density at radius 1 is 1.29 bits per heavy atom. The third-order valence-corrected chi connectivity index (χ3v) is 3.22. The molecule has 118 valence electrons. The van der Waals surface area contributed by atoms with Crippen molar-refractivity contribution in [2.24, 2.45) is 0 Å². The molecule has 1 aromatic rings. The van der Waals surface area contributed by atoms with Crippen LogP contribution in [0.4, 0.5) is 4.79 Å². The summed E-state index contributed by atoms with van der Waals surface area (Å²) in [6.45, 7) is 7.46. The average Bonchev–Trinajstić information content (AvgIpc) is 2.35. The molecule has 0 saturated carbocycles. The maximum Gasteiger partial charge on any atom is 0.407 e. The molecule has 0 aliphatic carbocycles. The highest BCUT2D eigenvalue weighted by atomic mass is 35.5. The van der Waals surface area contributed by atoms with Gasteiger partial charge in [0.25, 0.3) is 0 Å². The Hall–Kier alpha value is -1.26. The van der Waals surface area contributed by atoms with E-state index in [9.17, 15) is 9.90 Å². The summed E-state index contributed by atoms with van der Waals surface area (Å²) in [5.41, 5.74) is -0.964. The van der Waals surface area contributed by atoms with Crippen molar-refractivity contribution < 1.29 is 14.6 Å². The molecule has 21 heavy (non-hydrogen) atoms. The van der Waals surface area contributed by atoms with Crippen molar-refractivity contribution in [2.45, 2.75) is 51.7 Å². The van der Waals surface area contributed by atoms with Gasteiger partial charge in [-0.2, -0.15) is 0 Å². The van der Waals surface area contributed by atoms with E-state index in [1.165, 1.54) is 0 Å². The summed E-state index contributed by atoms with van der Waals surface area (Å²) in [5.74, 6) is 0. The van der Waals surface area contributed by atoms with Crippen molar-refractivity contribution in [1.29, 1.82) is 0 Å².